The lowest BCUT2D eigenvalue weighted by Crippen LogP contribution is -2.13. The van der Waals surface area contributed by atoms with Crippen molar-refractivity contribution in [1.29, 1.82) is 0 Å². The first-order valence-corrected chi connectivity index (χ1v) is 8.51. The fraction of sp³-hybridized carbons (Fsp3) is 0.474. The molecule has 0 aliphatic heterocycles. The molecule has 0 bridgehead atoms. The summed E-state index contributed by atoms with van der Waals surface area (Å²) in [7, 11) is 0. The Kier molecular flexibility index (Phi) is 4.79. The third kappa shape index (κ3) is 3.31. The molecule has 1 fully saturated rings. The van der Waals surface area contributed by atoms with Crippen molar-refractivity contribution >= 4 is 17.3 Å². The molecule has 1 saturated carbocycles. The second-order valence-corrected chi connectivity index (χ2v) is 6.25. The Morgan fingerprint density at radius 1 is 1.22 bits per heavy atom. The Hall–Kier alpha value is -2.10. The first-order chi connectivity index (χ1) is 11.2. The van der Waals surface area contributed by atoms with Crippen LogP contribution in [0.4, 0.5) is 0 Å². The monoisotopic (exact) mass is 313 g/mol. The number of rotatable bonds is 5. The second-order valence-electron chi connectivity index (χ2n) is 6.25. The number of nitrogens with zero attached hydrogens (tertiary/aromatic N) is 1. The van der Waals surface area contributed by atoms with Crippen LogP contribution in [0.15, 0.2) is 30.5 Å². The molecular weight excluding hydrogens is 290 g/mol. The van der Waals surface area contributed by atoms with E-state index in [4.69, 9.17) is 4.74 Å². The van der Waals surface area contributed by atoms with Gasteiger partial charge in [0.1, 0.15) is 0 Å². The van der Waals surface area contributed by atoms with E-state index < -0.39 is 0 Å². The maximum atomic E-state index is 12.7. The smallest absolute Gasteiger partial charge is 0.340 e. The molecule has 0 spiro atoms. The number of ketones is 1. The van der Waals surface area contributed by atoms with Crippen LogP contribution in [0.3, 0.4) is 0 Å². The summed E-state index contributed by atoms with van der Waals surface area (Å²) in [5, 5.41) is 0. The van der Waals surface area contributed by atoms with Gasteiger partial charge in [-0.05, 0) is 31.0 Å². The third-order valence-corrected chi connectivity index (χ3v) is 4.66. The number of ether oxygens (including phenoxy) is 1. The van der Waals surface area contributed by atoms with E-state index in [9.17, 15) is 9.59 Å². The molecule has 0 unspecified atom stereocenters. The minimum Gasteiger partial charge on any atom is -0.462 e. The molecule has 0 N–H and O–H groups in total. The van der Waals surface area contributed by atoms with Crippen molar-refractivity contribution < 1.29 is 14.3 Å². The van der Waals surface area contributed by atoms with Crippen molar-refractivity contribution in [3.8, 4) is 0 Å². The SMILES string of the molecule is CCOC(=O)c1cc(C(=O)CC2CCCCC2)n2ccccc12. The van der Waals surface area contributed by atoms with Crippen molar-refractivity contribution in [2.24, 2.45) is 5.92 Å². The highest BCUT2D eigenvalue weighted by Gasteiger charge is 2.23. The summed E-state index contributed by atoms with van der Waals surface area (Å²) in [6, 6.07) is 7.29. The molecule has 0 atom stereocenters. The van der Waals surface area contributed by atoms with Crippen molar-refractivity contribution in [2.45, 2.75) is 45.4 Å². The van der Waals surface area contributed by atoms with E-state index in [1.54, 1.807) is 13.0 Å². The highest BCUT2D eigenvalue weighted by atomic mass is 16.5. The maximum absolute atomic E-state index is 12.7. The zero-order valence-corrected chi connectivity index (χ0v) is 13.6. The van der Waals surface area contributed by atoms with Gasteiger partial charge in [0.05, 0.1) is 23.4 Å². The summed E-state index contributed by atoms with van der Waals surface area (Å²) in [5.41, 5.74) is 1.80. The van der Waals surface area contributed by atoms with E-state index in [2.05, 4.69) is 0 Å². The lowest BCUT2D eigenvalue weighted by Gasteiger charge is -2.20. The fourth-order valence-corrected chi connectivity index (χ4v) is 3.50. The van der Waals surface area contributed by atoms with Crippen LogP contribution in [0.1, 0.15) is 66.3 Å². The predicted octanol–water partition coefficient (Wildman–Crippen LogP) is 4.27. The van der Waals surface area contributed by atoms with Gasteiger partial charge in [-0.2, -0.15) is 0 Å². The molecule has 1 aliphatic rings. The lowest BCUT2D eigenvalue weighted by molar-refractivity contribution is 0.0529. The van der Waals surface area contributed by atoms with Crippen molar-refractivity contribution in [2.75, 3.05) is 6.61 Å². The van der Waals surface area contributed by atoms with Crippen molar-refractivity contribution in [3.05, 3.63) is 41.7 Å². The van der Waals surface area contributed by atoms with Crippen LogP contribution >= 0.6 is 0 Å². The number of pyridine rings is 1. The van der Waals surface area contributed by atoms with Crippen molar-refractivity contribution in [3.63, 3.8) is 0 Å². The molecule has 23 heavy (non-hydrogen) atoms. The van der Waals surface area contributed by atoms with E-state index in [-0.39, 0.29) is 11.8 Å². The number of carbonyl (C=O) groups excluding carboxylic acids is 2. The largest absolute Gasteiger partial charge is 0.462 e. The highest BCUT2D eigenvalue weighted by molar-refractivity contribution is 6.03. The summed E-state index contributed by atoms with van der Waals surface area (Å²) in [5.74, 6) is 0.234. The summed E-state index contributed by atoms with van der Waals surface area (Å²) >= 11 is 0. The van der Waals surface area contributed by atoms with Crippen LogP contribution in [0, 0.1) is 5.92 Å². The number of aromatic nitrogens is 1. The Balaban J connectivity index is 1.90. The summed E-state index contributed by atoms with van der Waals surface area (Å²) in [6.07, 6.45) is 8.42. The second kappa shape index (κ2) is 6.99. The summed E-state index contributed by atoms with van der Waals surface area (Å²) in [4.78, 5) is 24.9. The van der Waals surface area contributed by atoms with Gasteiger partial charge in [0.25, 0.3) is 0 Å². The number of hydrogen-bond acceptors (Lipinski definition) is 3. The van der Waals surface area contributed by atoms with Gasteiger partial charge in [0.2, 0.25) is 0 Å². The molecule has 2 heterocycles. The molecule has 122 valence electrons. The zero-order valence-electron chi connectivity index (χ0n) is 13.6. The van der Waals surface area contributed by atoms with E-state index in [1.165, 1.54) is 19.3 Å². The number of fused-ring (bicyclic) bond motifs is 1. The molecule has 3 rings (SSSR count). The molecule has 2 aromatic rings. The quantitative estimate of drug-likeness (QED) is 0.612. The van der Waals surface area contributed by atoms with Gasteiger partial charge in [0.15, 0.2) is 5.78 Å². The Morgan fingerprint density at radius 3 is 2.74 bits per heavy atom. The first kappa shape index (κ1) is 15.8. The van der Waals surface area contributed by atoms with Gasteiger partial charge in [0, 0.05) is 12.6 Å². The van der Waals surface area contributed by atoms with Gasteiger partial charge in [-0.3, -0.25) is 4.79 Å². The molecule has 0 radical (unpaired) electrons. The molecule has 0 amide bonds. The number of Topliss-reactive ketones (excluding diaryl/α,β-unsaturated/α-hetero) is 1. The van der Waals surface area contributed by atoms with E-state index in [1.807, 2.05) is 28.8 Å². The Morgan fingerprint density at radius 2 is 2.00 bits per heavy atom. The zero-order chi connectivity index (χ0) is 16.2. The van der Waals surface area contributed by atoms with Gasteiger partial charge in [-0.1, -0.05) is 38.2 Å². The fourth-order valence-electron chi connectivity index (χ4n) is 3.50. The van der Waals surface area contributed by atoms with E-state index in [0.717, 1.165) is 18.4 Å². The van der Waals surface area contributed by atoms with E-state index >= 15 is 0 Å². The van der Waals surface area contributed by atoms with Crippen LogP contribution < -0.4 is 0 Å². The minimum absolute atomic E-state index is 0.119. The number of hydrogen-bond donors (Lipinski definition) is 0. The minimum atomic E-state index is -0.368. The van der Waals surface area contributed by atoms with Crippen LogP contribution in [0.2, 0.25) is 0 Å². The van der Waals surface area contributed by atoms with Crippen LogP contribution in [-0.4, -0.2) is 22.8 Å². The van der Waals surface area contributed by atoms with Gasteiger partial charge >= 0.3 is 5.97 Å². The van der Waals surface area contributed by atoms with Crippen molar-refractivity contribution in [1.82, 2.24) is 4.40 Å². The van der Waals surface area contributed by atoms with Crippen LogP contribution in [0.25, 0.3) is 5.52 Å². The van der Waals surface area contributed by atoms with E-state index in [0.29, 0.717) is 30.2 Å². The van der Waals surface area contributed by atoms with Crippen LogP contribution in [-0.2, 0) is 4.74 Å². The first-order valence-electron chi connectivity index (χ1n) is 8.51. The maximum Gasteiger partial charge on any atom is 0.340 e. The normalized spacial score (nSPS) is 15.7. The molecule has 4 heteroatoms. The molecular formula is C19H23NO3. The predicted molar refractivity (Wildman–Crippen MR) is 88.9 cm³/mol. The molecule has 2 aromatic heterocycles. The van der Waals surface area contributed by atoms with Gasteiger partial charge in [-0.15, -0.1) is 0 Å². The Bertz CT molecular complexity index is 710. The third-order valence-electron chi connectivity index (χ3n) is 4.66. The standard InChI is InChI=1S/C19H23NO3/c1-2-23-19(22)15-13-17(20-11-7-6-10-16(15)20)18(21)12-14-8-4-3-5-9-14/h6-7,10-11,13-14H,2-5,8-9,12H2,1H3. The lowest BCUT2D eigenvalue weighted by atomic mass is 9.85. The molecule has 0 saturated heterocycles. The van der Waals surface area contributed by atoms with Crippen LogP contribution in [0.5, 0.6) is 0 Å². The summed E-state index contributed by atoms with van der Waals surface area (Å²) in [6.45, 7) is 2.11. The molecule has 4 nitrogen and oxygen atoms in total. The number of carbonyl (C=O) groups is 2. The highest BCUT2D eigenvalue weighted by Crippen LogP contribution is 2.28. The average Bonchev–Trinajstić information content (AvgIpc) is 2.96. The topological polar surface area (TPSA) is 47.8 Å². The number of esters is 1. The molecule has 0 aromatic carbocycles. The van der Waals surface area contributed by atoms with Gasteiger partial charge in [-0.25, -0.2) is 4.79 Å². The molecule has 1 aliphatic carbocycles. The summed E-state index contributed by atoms with van der Waals surface area (Å²) < 4.78 is 6.93. The van der Waals surface area contributed by atoms with Gasteiger partial charge < -0.3 is 9.14 Å². The average molecular weight is 313 g/mol. The Labute approximate surface area is 136 Å².